The maximum atomic E-state index is 13.3. The monoisotopic (exact) mass is 442 g/mol. The van der Waals surface area contributed by atoms with Crippen molar-refractivity contribution < 1.29 is 14.3 Å². The van der Waals surface area contributed by atoms with Crippen LogP contribution in [0.2, 0.25) is 0 Å². The predicted octanol–water partition coefficient (Wildman–Crippen LogP) is 3.80. The van der Waals surface area contributed by atoms with Gasteiger partial charge in [-0.15, -0.1) is 0 Å². The fraction of sp³-hybridized carbons (Fsp3) is 0.308. The van der Waals surface area contributed by atoms with E-state index in [2.05, 4.69) is 27.4 Å². The zero-order valence-electron chi connectivity index (χ0n) is 18.3. The van der Waals surface area contributed by atoms with E-state index in [-0.39, 0.29) is 29.2 Å². The first-order valence-corrected chi connectivity index (χ1v) is 11.3. The van der Waals surface area contributed by atoms with Crippen LogP contribution in [0.1, 0.15) is 41.1 Å². The average Bonchev–Trinajstić information content (AvgIpc) is 2.85. The predicted molar refractivity (Wildman–Crippen MR) is 123 cm³/mol. The molecule has 1 unspecified atom stereocenters. The zero-order chi connectivity index (χ0) is 22.7. The first-order chi connectivity index (χ1) is 16.1. The number of piperidine rings is 2. The second-order valence-electron chi connectivity index (χ2n) is 8.76. The zero-order valence-corrected chi connectivity index (χ0v) is 18.3. The molecule has 2 saturated heterocycles. The second-order valence-corrected chi connectivity index (χ2v) is 8.76. The Kier molecular flexibility index (Phi) is 5.77. The molecule has 7 nitrogen and oxygen atoms in total. The normalized spacial score (nSPS) is 19.7. The highest BCUT2D eigenvalue weighted by Gasteiger charge is 2.46. The highest BCUT2D eigenvalue weighted by atomic mass is 16.5. The third kappa shape index (κ3) is 4.44. The van der Waals surface area contributed by atoms with Gasteiger partial charge in [-0.2, -0.15) is 0 Å². The summed E-state index contributed by atoms with van der Waals surface area (Å²) in [7, 11) is 0. The number of carbonyl (C=O) groups excluding carboxylic acids is 2. The van der Waals surface area contributed by atoms with Crippen molar-refractivity contribution in [2.75, 3.05) is 19.6 Å². The first kappa shape index (κ1) is 21.1. The summed E-state index contributed by atoms with van der Waals surface area (Å²) in [5, 5.41) is 3.04. The van der Waals surface area contributed by atoms with Gasteiger partial charge in [-0.3, -0.25) is 9.59 Å². The lowest BCUT2D eigenvalue weighted by atomic mass is 9.62. The van der Waals surface area contributed by atoms with Gasteiger partial charge in [-0.1, -0.05) is 36.4 Å². The van der Waals surface area contributed by atoms with Crippen molar-refractivity contribution >= 4 is 11.8 Å². The van der Waals surface area contributed by atoms with Crippen LogP contribution in [0, 0.1) is 5.41 Å². The summed E-state index contributed by atoms with van der Waals surface area (Å²) in [6, 6.07) is 19.5. The molecule has 0 bridgehead atoms. The first-order valence-electron chi connectivity index (χ1n) is 11.3. The summed E-state index contributed by atoms with van der Waals surface area (Å²) in [6.45, 7) is 1.91. The number of ether oxygens (including phenoxy) is 1. The lowest BCUT2D eigenvalue weighted by molar-refractivity contribution is -0.127. The van der Waals surface area contributed by atoms with Gasteiger partial charge >= 0.3 is 6.01 Å². The van der Waals surface area contributed by atoms with E-state index in [1.807, 2.05) is 23.1 Å². The molecule has 3 aromatic rings. The van der Waals surface area contributed by atoms with Crippen molar-refractivity contribution in [1.82, 2.24) is 20.2 Å². The Balaban J connectivity index is 1.30. The van der Waals surface area contributed by atoms with E-state index in [9.17, 15) is 9.59 Å². The molecule has 1 spiro atoms. The fourth-order valence-corrected chi connectivity index (χ4v) is 5.09. The maximum Gasteiger partial charge on any atom is 0.321 e. The van der Waals surface area contributed by atoms with Crippen molar-refractivity contribution in [2.45, 2.75) is 25.2 Å². The summed E-state index contributed by atoms with van der Waals surface area (Å²) >= 11 is 0. The van der Waals surface area contributed by atoms with Crippen LogP contribution in [0.15, 0.2) is 73.1 Å². The van der Waals surface area contributed by atoms with Gasteiger partial charge in [0.05, 0.1) is 0 Å². The second kappa shape index (κ2) is 9.02. The molecule has 1 atom stereocenters. The molecule has 3 heterocycles. The topological polar surface area (TPSA) is 84.4 Å². The van der Waals surface area contributed by atoms with Gasteiger partial charge < -0.3 is 15.0 Å². The van der Waals surface area contributed by atoms with Crippen molar-refractivity contribution in [1.29, 1.82) is 0 Å². The van der Waals surface area contributed by atoms with Gasteiger partial charge in [-0.05, 0) is 48.1 Å². The Morgan fingerprint density at radius 1 is 1.00 bits per heavy atom. The number of aromatic nitrogens is 2. The lowest BCUT2D eigenvalue weighted by Crippen LogP contribution is -2.52. The quantitative estimate of drug-likeness (QED) is 0.665. The number of nitrogens with zero attached hydrogens (tertiary/aromatic N) is 3. The summed E-state index contributed by atoms with van der Waals surface area (Å²) in [4.78, 5) is 35.6. The molecule has 2 aliphatic rings. The molecule has 2 fully saturated rings. The maximum absolute atomic E-state index is 13.3. The largest absolute Gasteiger partial charge is 0.424 e. The van der Waals surface area contributed by atoms with Crippen LogP contribution in [0.5, 0.6) is 11.8 Å². The molecule has 0 saturated carbocycles. The SMILES string of the molecule is O=C1CC2(CCN(C(=O)c3cccc(Oc4ncccn4)c3)CC2)C(c2ccccc2)CN1. The summed E-state index contributed by atoms with van der Waals surface area (Å²) in [6.07, 6.45) is 5.33. The van der Waals surface area contributed by atoms with Gasteiger partial charge in [-0.25, -0.2) is 9.97 Å². The number of likely N-dealkylation sites (tertiary alicyclic amines) is 1. The summed E-state index contributed by atoms with van der Waals surface area (Å²) in [5.41, 5.74) is 1.71. The van der Waals surface area contributed by atoms with Gasteiger partial charge in [0, 0.05) is 49.9 Å². The molecule has 2 amide bonds. The van der Waals surface area contributed by atoms with E-state index in [0.29, 0.717) is 37.4 Å². The van der Waals surface area contributed by atoms with E-state index >= 15 is 0 Å². The minimum Gasteiger partial charge on any atom is -0.424 e. The van der Waals surface area contributed by atoms with Crippen LogP contribution in [0.3, 0.4) is 0 Å². The summed E-state index contributed by atoms with van der Waals surface area (Å²) < 4.78 is 5.68. The molecule has 2 aliphatic heterocycles. The van der Waals surface area contributed by atoms with E-state index < -0.39 is 0 Å². The lowest BCUT2D eigenvalue weighted by Gasteiger charge is -2.49. The molecule has 168 valence electrons. The Hall–Kier alpha value is -3.74. The minimum atomic E-state index is -0.115. The van der Waals surface area contributed by atoms with Crippen molar-refractivity contribution in [3.05, 3.63) is 84.2 Å². The molecule has 2 aromatic carbocycles. The van der Waals surface area contributed by atoms with Gasteiger partial charge in [0.1, 0.15) is 5.75 Å². The molecule has 7 heteroatoms. The number of amides is 2. The van der Waals surface area contributed by atoms with Crippen molar-refractivity contribution in [3.63, 3.8) is 0 Å². The molecule has 33 heavy (non-hydrogen) atoms. The number of carbonyl (C=O) groups is 2. The fourth-order valence-electron chi connectivity index (χ4n) is 5.09. The smallest absolute Gasteiger partial charge is 0.321 e. The third-order valence-corrected chi connectivity index (χ3v) is 6.84. The third-order valence-electron chi connectivity index (χ3n) is 6.84. The molecule has 1 aromatic heterocycles. The van der Waals surface area contributed by atoms with Crippen LogP contribution in [-0.2, 0) is 4.79 Å². The Morgan fingerprint density at radius 3 is 2.52 bits per heavy atom. The minimum absolute atomic E-state index is 0.0270. The highest BCUT2D eigenvalue weighted by molar-refractivity contribution is 5.94. The number of benzene rings is 2. The average molecular weight is 443 g/mol. The van der Waals surface area contributed by atoms with E-state index in [0.717, 1.165) is 12.8 Å². The number of hydrogen-bond acceptors (Lipinski definition) is 5. The van der Waals surface area contributed by atoms with Gasteiger partial charge in [0.2, 0.25) is 5.91 Å². The molecule has 1 N–H and O–H groups in total. The molecule has 5 rings (SSSR count). The van der Waals surface area contributed by atoms with Crippen LogP contribution < -0.4 is 10.1 Å². The Morgan fingerprint density at radius 2 is 1.76 bits per heavy atom. The highest BCUT2D eigenvalue weighted by Crippen LogP contribution is 2.48. The Bertz CT molecular complexity index is 1130. The Labute approximate surface area is 192 Å². The van der Waals surface area contributed by atoms with Crippen LogP contribution >= 0.6 is 0 Å². The van der Waals surface area contributed by atoms with Crippen molar-refractivity contribution in [3.8, 4) is 11.8 Å². The van der Waals surface area contributed by atoms with E-state index in [1.54, 1.807) is 42.7 Å². The van der Waals surface area contributed by atoms with E-state index in [1.165, 1.54) is 5.56 Å². The number of rotatable bonds is 4. The number of hydrogen-bond donors (Lipinski definition) is 1. The van der Waals surface area contributed by atoms with Crippen molar-refractivity contribution in [2.24, 2.45) is 5.41 Å². The summed E-state index contributed by atoms with van der Waals surface area (Å²) in [5.74, 6) is 0.862. The van der Waals surface area contributed by atoms with Gasteiger partial charge in [0.25, 0.3) is 5.91 Å². The molecular formula is C26H26N4O3. The van der Waals surface area contributed by atoms with Gasteiger partial charge in [0.15, 0.2) is 0 Å². The van der Waals surface area contributed by atoms with Crippen LogP contribution in [0.25, 0.3) is 0 Å². The standard InChI is InChI=1S/C26H26N4O3/c31-23-17-26(22(18-29-23)19-6-2-1-3-7-19)10-14-30(15-11-26)24(32)20-8-4-9-21(16-20)33-25-27-12-5-13-28-25/h1-9,12-13,16,22H,10-11,14-15,17-18H2,(H,29,31). The van der Waals surface area contributed by atoms with Crippen LogP contribution in [-0.4, -0.2) is 46.3 Å². The molecule has 0 aliphatic carbocycles. The molecule has 0 radical (unpaired) electrons. The number of nitrogens with one attached hydrogen (secondary N) is 1. The van der Waals surface area contributed by atoms with E-state index in [4.69, 9.17) is 4.74 Å². The van der Waals surface area contributed by atoms with Crippen LogP contribution in [0.4, 0.5) is 0 Å². The molecular weight excluding hydrogens is 416 g/mol.